The van der Waals surface area contributed by atoms with E-state index < -0.39 is 18.1 Å². The minimum absolute atomic E-state index is 0.0413. The second-order valence-corrected chi connectivity index (χ2v) is 9.59. The normalized spacial score (nSPS) is 10.9. The molecule has 0 spiro atoms. The van der Waals surface area contributed by atoms with Crippen LogP contribution in [0.1, 0.15) is 21.5 Å². The fourth-order valence-electron chi connectivity index (χ4n) is 4.18. The molecular formula is C29H25Cl2F2N3O6. The topological polar surface area (TPSA) is 92.1 Å². The van der Waals surface area contributed by atoms with Crippen molar-refractivity contribution in [1.82, 2.24) is 9.55 Å². The number of aromatic nitrogens is 2. The molecule has 0 fully saturated rings. The van der Waals surface area contributed by atoms with Crippen molar-refractivity contribution in [3.8, 4) is 22.9 Å². The van der Waals surface area contributed by atoms with Crippen molar-refractivity contribution in [2.75, 3.05) is 26.2 Å². The van der Waals surface area contributed by atoms with Crippen molar-refractivity contribution in [2.45, 2.75) is 19.7 Å². The first-order valence-electron chi connectivity index (χ1n) is 12.3. The van der Waals surface area contributed by atoms with E-state index >= 15 is 0 Å². The average Bonchev–Trinajstić information content (AvgIpc) is 2.97. The van der Waals surface area contributed by atoms with Crippen molar-refractivity contribution < 1.29 is 32.5 Å². The Balaban J connectivity index is 1.85. The molecule has 1 heterocycles. The first-order valence-corrected chi connectivity index (χ1v) is 13.1. The molecule has 4 aromatic rings. The minimum atomic E-state index is -3.11. The quantitative estimate of drug-likeness (QED) is 0.185. The lowest BCUT2D eigenvalue weighted by Gasteiger charge is -2.26. The number of halogens is 4. The van der Waals surface area contributed by atoms with Crippen molar-refractivity contribution in [3.63, 3.8) is 0 Å². The lowest BCUT2D eigenvalue weighted by atomic mass is 10.1. The number of hydrogen-bond acceptors (Lipinski definition) is 8. The number of esters is 1. The highest BCUT2D eigenvalue weighted by Crippen LogP contribution is 2.34. The Morgan fingerprint density at radius 1 is 0.881 bits per heavy atom. The highest BCUT2D eigenvalue weighted by Gasteiger charge is 2.27. The molecule has 220 valence electrons. The van der Waals surface area contributed by atoms with Crippen LogP contribution >= 0.6 is 23.2 Å². The summed E-state index contributed by atoms with van der Waals surface area (Å²) in [7, 11) is 4.26. The number of nitrogens with zero attached hydrogens (tertiary/aromatic N) is 3. The summed E-state index contributed by atoms with van der Waals surface area (Å²) in [5.41, 5.74) is 0.374. The van der Waals surface area contributed by atoms with Crippen molar-refractivity contribution >= 4 is 35.0 Å². The zero-order chi connectivity index (χ0) is 30.4. The highest BCUT2D eigenvalue weighted by molar-refractivity contribution is 6.38. The molecule has 0 N–H and O–H groups in total. The van der Waals surface area contributed by atoms with Crippen molar-refractivity contribution in [2.24, 2.45) is 0 Å². The smallest absolute Gasteiger partial charge is 0.387 e. The molecule has 13 heteroatoms. The summed E-state index contributed by atoms with van der Waals surface area (Å²) >= 11 is 12.6. The van der Waals surface area contributed by atoms with E-state index in [1.807, 2.05) is 24.3 Å². The lowest BCUT2D eigenvalue weighted by Crippen LogP contribution is -2.33. The van der Waals surface area contributed by atoms with Gasteiger partial charge in [-0.15, -0.1) is 0 Å². The molecule has 3 aromatic carbocycles. The van der Waals surface area contributed by atoms with Crippen LogP contribution in [0, 0.1) is 0 Å². The van der Waals surface area contributed by atoms with E-state index in [0.717, 1.165) is 41.3 Å². The number of carbonyl (C=O) groups excluding carboxylic acids is 1. The number of benzene rings is 3. The van der Waals surface area contributed by atoms with E-state index in [4.69, 9.17) is 37.4 Å². The van der Waals surface area contributed by atoms with Gasteiger partial charge in [-0.1, -0.05) is 47.5 Å². The summed E-state index contributed by atoms with van der Waals surface area (Å²) in [6.45, 7) is -2.62. The summed E-state index contributed by atoms with van der Waals surface area (Å²) in [5, 5.41) is -0.363. The van der Waals surface area contributed by atoms with E-state index in [2.05, 4.69) is 9.72 Å². The SMILES string of the molecule is COC(=O)c1c(N(Cc2ccc(OC)cc2)Cc2ccc(OC)cc2)ncn(-c2c(Cl)cc(OC(F)F)cc2Cl)c1=O. The fraction of sp³-hybridized carbons (Fsp3) is 0.207. The number of carbonyl (C=O) groups is 1. The van der Waals surface area contributed by atoms with Gasteiger partial charge in [0.2, 0.25) is 0 Å². The van der Waals surface area contributed by atoms with Crippen LogP contribution < -0.4 is 24.7 Å². The second kappa shape index (κ2) is 13.5. The first kappa shape index (κ1) is 30.6. The summed E-state index contributed by atoms with van der Waals surface area (Å²) in [6, 6.07) is 16.7. The van der Waals surface area contributed by atoms with Gasteiger partial charge in [-0.3, -0.25) is 9.36 Å². The molecule has 0 radical (unpaired) electrons. The van der Waals surface area contributed by atoms with Crippen LogP contribution in [0.2, 0.25) is 10.0 Å². The number of ether oxygens (including phenoxy) is 4. The monoisotopic (exact) mass is 619 g/mol. The van der Waals surface area contributed by atoms with E-state index in [1.54, 1.807) is 43.4 Å². The number of alkyl halides is 2. The standard InChI is InChI=1S/C29H25Cl2F2N3O6/c1-39-19-8-4-17(5-9-19)14-35(15-18-6-10-20(40-2)11-7-18)26-24(28(38)41-3)27(37)36(16-34-26)25-22(30)12-21(13-23(25)31)42-29(32)33/h4-13,16,29H,14-15H2,1-3H3. The molecule has 0 bridgehead atoms. The minimum Gasteiger partial charge on any atom is -0.497 e. The molecule has 0 saturated carbocycles. The van der Waals surface area contributed by atoms with Gasteiger partial charge in [-0.25, -0.2) is 9.78 Å². The van der Waals surface area contributed by atoms with Crippen LogP contribution in [0.3, 0.4) is 0 Å². The van der Waals surface area contributed by atoms with Crippen LogP contribution in [0.15, 0.2) is 71.8 Å². The van der Waals surface area contributed by atoms with E-state index in [0.29, 0.717) is 11.5 Å². The molecule has 0 saturated heterocycles. The molecule has 42 heavy (non-hydrogen) atoms. The predicted octanol–water partition coefficient (Wildman–Crippen LogP) is 6.15. The van der Waals surface area contributed by atoms with Gasteiger partial charge in [0.15, 0.2) is 11.4 Å². The predicted molar refractivity (Wildman–Crippen MR) is 154 cm³/mol. The van der Waals surface area contributed by atoms with Crippen LogP contribution in [0.25, 0.3) is 5.69 Å². The third kappa shape index (κ3) is 6.92. The Morgan fingerprint density at radius 3 is 1.81 bits per heavy atom. The van der Waals surface area contributed by atoms with E-state index in [9.17, 15) is 18.4 Å². The Hall–Kier alpha value is -4.35. The molecule has 0 unspecified atom stereocenters. The maximum absolute atomic E-state index is 13.8. The number of rotatable bonds is 11. The van der Waals surface area contributed by atoms with E-state index in [1.165, 1.54) is 0 Å². The Morgan fingerprint density at radius 2 is 1.38 bits per heavy atom. The van der Waals surface area contributed by atoms with Gasteiger partial charge in [0.25, 0.3) is 5.56 Å². The zero-order valence-corrected chi connectivity index (χ0v) is 24.2. The molecule has 0 atom stereocenters. The van der Waals surface area contributed by atoms with Gasteiger partial charge >= 0.3 is 12.6 Å². The molecule has 4 rings (SSSR count). The van der Waals surface area contributed by atoms with Crippen molar-refractivity contribution in [3.05, 3.63) is 104 Å². The van der Waals surface area contributed by atoms with Gasteiger partial charge < -0.3 is 23.8 Å². The lowest BCUT2D eigenvalue weighted by molar-refractivity contribution is -0.0498. The van der Waals surface area contributed by atoms with E-state index in [-0.39, 0.29) is 46.0 Å². The van der Waals surface area contributed by atoms with Gasteiger partial charge in [-0.2, -0.15) is 8.78 Å². The van der Waals surface area contributed by atoms with Crippen LogP contribution in [0.4, 0.5) is 14.6 Å². The van der Waals surface area contributed by atoms with Crippen LogP contribution in [-0.2, 0) is 17.8 Å². The highest BCUT2D eigenvalue weighted by atomic mass is 35.5. The van der Waals surface area contributed by atoms with Crippen molar-refractivity contribution in [1.29, 1.82) is 0 Å². The Bertz CT molecular complexity index is 1540. The second-order valence-electron chi connectivity index (χ2n) is 8.78. The maximum atomic E-state index is 13.8. The third-order valence-corrected chi connectivity index (χ3v) is 6.74. The molecular weight excluding hydrogens is 595 g/mol. The number of methoxy groups -OCH3 is 3. The number of anilines is 1. The number of hydrogen-bond donors (Lipinski definition) is 0. The summed E-state index contributed by atoms with van der Waals surface area (Å²) in [4.78, 5) is 33.1. The maximum Gasteiger partial charge on any atom is 0.387 e. The molecule has 0 aliphatic heterocycles. The molecule has 0 aliphatic carbocycles. The summed E-state index contributed by atoms with van der Waals surface area (Å²) < 4.78 is 46.2. The van der Waals surface area contributed by atoms with Gasteiger partial charge in [0.1, 0.15) is 23.6 Å². The average molecular weight is 620 g/mol. The fourth-order valence-corrected chi connectivity index (χ4v) is 4.83. The summed E-state index contributed by atoms with van der Waals surface area (Å²) in [6.07, 6.45) is 1.15. The molecule has 0 amide bonds. The van der Waals surface area contributed by atoms with Crippen LogP contribution in [0.5, 0.6) is 17.2 Å². The Kier molecular flexibility index (Phi) is 9.87. The molecule has 9 nitrogen and oxygen atoms in total. The molecule has 1 aromatic heterocycles. The third-order valence-electron chi connectivity index (χ3n) is 6.16. The van der Waals surface area contributed by atoms with Gasteiger partial charge in [0.05, 0.1) is 37.1 Å². The molecule has 0 aliphatic rings. The first-order chi connectivity index (χ1) is 20.1. The van der Waals surface area contributed by atoms with Gasteiger partial charge in [0, 0.05) is 25.2 Å². The van der Waals surface area contributed by atoms with Gasteiger partial charge in [-0.05, 0) is 35.4 Å². The summed E-state index contributed by atoms with van der Waals surface area (Å²) in [5.74, 6) is 0.112. The Labute approximate surface area is 249 Å². The van der Waals surface area contributed by atoms with Crippen LogP contribution in [-0.4, -0.2) is 43.5 Å². The zero-order valence-electron chi connectivity index (χ0n) is 22.6. The largest absolute Gasteiger partial charge is 0.497 e.